The third-order valence-corrected chi connectivity index (χ3v) is 3.15. The molecule has 92 valence electrons. The molecular weight excluding hydrogens is 220 g/mol. The van der Waals surface area contributed by atoms with Crippen LogP contribution in [-0.4, -0.2) is 41.9 Å². The number of rotatable bonds is 4. The zero-order valence-corrected chi connectivity index (χ0v) is 9.41. The van der Waals surface area contributed by atoms with Crippen molar-refractivity contribution in [3.63, 3.8) is 0 Å². The Morgan fingerprint density at radius 1 is 1.38 bits per heavy atom. The van der Waals surface area contributed by atoms with Gasteiger partial charge in [-0.05, 0) is 5.41 Å². The highest BCUT2D eigenvalue weighted by Gasteiger charge is 2.66. The van der Waals surface area contributed by atoms with E-state index in [4.69, 9.17) is 5.11 Å². The number of nitrogens with zero attached hydrogens (tertiary/aromatic N) is 1. The van der Waals surface area contributed by atoms with E-state index in [2.05, 4.69) is 0 Å². The maximum absolute atomic E-state index is 12.1. The first-order valence-electron chi connectivity index (χ1n) is 4.95. The van der Waals surface area contributed by atoms with Crippen LogP contribution in [0.5, 0.6) is 0 Å². The Bertz CT molecular complexity index is 317. The lowest BCUT2D eigenvalue weighted by Crippen LogP contribution is -2.33. The van der Waals surface area contributed by atoms with Gasteiger partial charge in [0.1, 0.15) is 0 Å². The van der Waals surface area contributed by atoms with E-state index in [1.54, 1.807) is 13.8 Å². The first kappa shape index (κ1) is 12.9. The predicted molar refractivity (Wildman–Crippen MR) is 52.0 cm³/mol. The quantitative estimate of drug-likeness (QED) is 0.792. The summed E-state index contributed by atoms with van der Waals surface area (Å²) >= 11 is 0. The first-order valence-corrected chi connectivity index (χ1v) is 4.95. The molecule has 0 saturated heterocycles. The molecule has 6 heteroatoms. The van der Waals surface area contributed by atoms with Gasteiger partial charge < -0.3 is 10.0 Å². The van der Waals surface area contributed by atoms with Crippen LogP contribution in [-0.2, 0) is 9.59 Å². The number of amides is 1. The maximum atomic E-state index is 12.1. The molecule has 1 aliphatic carbocycles. The van der Waals surface area contributed by atoms with Crippen LogP contribution in [0.2, 0.25) is 0 Å². The maximum Gasteiger partial charge on any atom is 0.307 e. The van der Waals surface area contributed by atoms with Crippen LogP contribution in [0.4, 0.5) is 8.78 Å². The minimum atomic E-state index is -2.60. The third kappa shape index (κ3) is 2.15. The van der Waals surface area contributed by atoms with Crippen LogP contribution in [0.25, 0.3) is 0 Å². The normalized spacial score (nSPS) is 26.6. The van der Waals surface area contributed by atoms with Crippen molar-refractivity contribution in [1.29, 1.82) is 0 Å². The fourth-order valence-electron chi connectivity index (χ4n) is 2.09. The van der Waals surface area contributed by atoms with Crippen molar-refractivity contribution in [2.24, 2.45) is 17.3 Å². The van der Waals surface area contributed by atoms with Gasteiger partial charge in [0, 0.05) is 7.05 Å². The van der Waals surface area contributed by atoms with Gasteiger partial charge in [0.15, 0.2) is 0 Å². The minimum absolute atomic E-state index is 0.516. The van der Waals surface area contributed by atoms with Gasteiger partial charge in [0.25, 0.3) is 6.43 Å². The van der Waals surface area contributed by atoms with Crippen molar-refractivity contribution in [2.45, 2.75) is 20.3 Å². The van der Waals surface area contributed by atoms with Crippen LogP contribution in [0, 0.1) is 17.3 Å². The topological polar surface area (TPSA) is 57.6 Å². The number of hydrogen-bond donors (Lipinski definition) is 1. The second-order valence-corrected chi connectivity index (χ2v) is 4.72. The summed E-state index contributed by atoms with van der Waals surface area (Å²) in [5.41, 5.74) is -0.640. The number of alkyl halides is 2. The van der Waals surface area contributed by atoms with E-state index in [0.717, 1.165) is 4.90 Å². The summed E-state index contributed by atoms with van der Waals surface area (Å²) in [5, 5.41) is 8.85. The Hall–Kier alpha value is -1.20. The average molecular weight is 235 g/mol. The molecule has 1 amide bonds. The molecule has 1 N–H and O–H groups in total. The van der Waals surface area contributed by atoms with E-state index >= 15 is 0 Å². The van der Waals surface area contributed by atoms with Gasteiger partial charge in [-0.1, -0.05) is 13.8 Å². The van der Waals surface area contributed by atoms with Gasteiger partial charge in [0.05, 0.1) is 18.4 Å². The summed E-state index contributed by atoms with van der Waals surface area (Å²) in [6.07, 6.45) is -2.60. The Balaban J connectivity index is 2.67. The average Bonchev–Trinajstić information content (AvgIpc) is 2.66. The van der Waals surface area contributed by atoms with Crippen LogP contribution in [0.1, 0.15) is 13.8 Å². The molecular formula is C10H15F2NO3. The molecule has 0 radical (unpaired) electrons. The number of carboxylic acid groups (broad SMARTS) is 1. The lowest BCUT2D eigenvalue weighted by Gasteiger charge is -2.17. The molecule has 1 rings (SSSR count). The molecule has 0 aromatic rings. The van der Waals surface area contributed by atoms with Crippen LogP contribution < -0.4 is 0 Å². The molecule has 4 nitrogen and oxygen atoms in total. The molecule has 0 aromatic carbocycles. The standard InChI is InChI=1S/C10H15F2NO3/c1-10(2)6(7(10)9(15)16)8(14)13(3)4-5(11)12/h5-7H,4H2,1-3H3,(H,15,16). The number of carbonyl (C=O) groups excluding carboxylic acids is 1. The van der Waals surface area contributed by atoms with Crippen LogP contribution in [0.15, 0.2) is 0 Å². The highest BCUT2D eigenvalue weighted by Crippen LogP contribution is 2.58. The van der Waals surface area contributed by atoms with E-state index in [0.29, 0.717) is 0 Å². The molecule has 1 aliphatic rings. The zero-order chi connectivity index (χ0) is 12.7. The van der Waals surface area contributed by atoms with Gasteiger partial charge in [-0.25, -0.2) is 8.78 Å². The van der Waals surface area contributed by atoms with Gasteiger partial charge in [-0.2, -0.15) is 0 Å². The van der Waals surface area contributed by atoms with Crippen LogP contribution in [0.3, 0.4) is 0 Å². The van der Waals surface area contributed by atoms with Crippen molar-refractivity contribution >= 4 is 11.9 Å². The molecule has 0 aromatic heterocycles. The van der Waals surface area contributed by atoms with E-state index in [-0.39, 0.29) is 0 Å². The number of carbonyl (C=O) groups is 2. The predicted octanol–water partition coefficient (Wildman–Crippen LogP) is 1.07. The number of hydrogen-bond acceptors (Lipinski definition) is 2. The van der Waals surface area contributed by atoms with Crippen molar-refractivity contribution in [3.05, 3.63) is 0 Å². The third-order valence-electron chi connectivity index (χ3n) is 3.15. The largest absolute Gasteiger partial charge is 0.481 e. The van der Waals surface area contributed by atoms with Gasteiger partial charge in [-0.15, -0.1) is 0 Å². The number of aliphatic carboxylic acids is 1. The summed E-state index contributed by atoms with van der Waals surface area (Å²) in [4.78, 5) is 23.4. The minimum Gasteiger partial charge on any atom is -0.481 e. The second-order valence-electron chi connectivity index (χ2n) is 4.72. The van der Waals surface area contributed by atoms with Gasteiger partial charge in [-0.3, -0.25) is 9.59 Å². The van der Waals surface area contributed by atoms with Crippen molar-refractivity contribution in [2.75, 3.05) is 13.6 Å². The van der Waals surface area contributed by atoms with Crippen LogP contribution >= 0.6 is 0 Å². The van der Waals surface area contributed by atoms with Gasteiger partial charge in [0.2, 0.25) is 5.91 Å². The monoisotopic (exact) mass is 235 g/mol. The van der Waals surface area contributed by atoms with Gasteiger partial charge >= 0.3 is 5.97 Å². The van der Waals surface area contributed by atoms with E-state index in [1.165, 1.54) is 7.05 Å². The molecule has 0 spiro atoms. The highest BCUT2D eigenvalue weighted by atomic mass is 19.3. The first-order chi connectivity index (χ1) is 7.19. The fraction of sp³-hybridized carbons (Fsp3) is 0.800. The van der Waals surface area contributed by atoms with Crippen molar-refractivity contribution in [1.82, 2.24) is 4.90 Å². The SMILES string of the molecule is CN(CC(F)F)C(=O)C1C(C(=O)O)C1(C)C. The molecule has 0 heterocycles. The molecule has 1 fully saturated rings. The summed E-state index contributed by atoms with van der Waals surface area (Å²) < 4.78 is 24.1. The Kier molecular flexibility index (Phi) is 3.21. The Morgan fingerprint density at radius 3 is 2.19 bits per heavy atom. The Morgan fingerprint density at radius 2 is 1.88 bits per heavy atom. The number of halogens is 2. The molecule has 16 heavy (non-hydrogen) atoms. The highest BCUT2D eigenvalue weighted by molar-refractivity contribution is 5.91. The van der Waals surface area contributed by atoms with Crippen molar-refractivity contribution in [3.8, 4) is 0 Å². The summed E-state index contributed by atoms with van der Waals surface area (Å²) in [5.74, 6) is -3.01. The lowest BCUT2D eigenvalue weighted by atomic mass is 10.1. The molecule has 1 saturated carbocycles. The smallest absolute Gasteiger partial charge is 0.307 e. The summed E-state index contributed by atoms with van der Waals surface area (Å²) in [6, 6.07) is 0. The van der Waals surface area contributed by atoms with E-state index in [9.17, 15) is 18.4 Å². The van der Waals surface area contributed by atoms with E-state index in [1.807, 2.05) is 0 Å². The van der Waals surface area contributed by atoms with Crippen molar-refractivity contribution < 1.29 is 23.5 Å². The zero-order valence-electron chi connectivity index (χ0n) is 9.41. The molecule has 0 aliphatic heterocycles. The van der Waals surface area contributed by atoms with E-state index < -0.39 is 42.1 Å². The fourth-order valence-corrected chi connectivity index (χ4v) is 2.09. The molecule has 2 atom stereocenters. The number of carboxylic acids is 1. The molecule has 0 bridgehead atoms. The lowest BCUT2D eigenvalue weighted by molar-refractivity contribution is -0.142. The summed E-state index contributed by atoms with van der Waals surface area (Å²) in [6.45, 7) is 2.66. The summed E-state index contributed by atoms with van der Waals surface area (Å²) in [7, 11) is 1.27. The second kappa shape index (κ2) is 3.99. The molecule has 2 unspecified atom stereocenters. The Labute approximate surface area is 92.2 Å².